The van der Waals surface area contributed by atoms with Crippen LogP contribution in [-0.4, -0.2) is 10.5 Å². The molecule has 0 aliphatic rings. The first-order valence-corrected chi connectivity index (χ1v) is 8.51. The van der Waals surface area contributed by atoms with Crippen molar-refractivity contribution < 1.29 is 9.90 Å². The zero-order chi connectivity index (χ0) is 18.0. The maximum absolute atomic E-state index is 10.9. The van der Waals surface area contributed by atoms with Crippen LogP contribution >= 0.6 is 0 Å². The van der Waals surface area contributed by atoms with Crippen molar-refractivity contribution in [3.8, 4) is 16.9 Å². The zero-order valence-corrected chi connectivity index (χ0v) is 14.9. The number of carboxylic acids is 1. The van der Waals surface area contributed by atoms with E-state index in [1.165, 1.54) is 16.7 Å². The molecule has 3 aromatic rings. The first-order valence-electron chi connectivity index (χ1n) is 8.51. The van der Waals surface area contributed by atoms with E-state index in [9.17, 15) is 9.90 Å². The molecule has 0 spiro atoms. The normalized spacial score (nSPS) is 10.8. The lowest BCUT2D eigenvalue weighted by atomic mass is 10.1. The van der Waals surface area contributed by atoms with E-state index in [1.807, 2.05) is 6.07 Å². The lowest BCUT2D eigenvalue weighted by Crippen LogP contribution is -2.22. The molecular weight excluding hydrogens is 310 g/mol. The molecule has 2 aromatic carbocycles. The number of carbonyl (C=O) groups excluding carboxylic acids is 1. The first kappa shape index (κ1) is 17.0. The Morgan fingerprint density at radius 2 is 1.60 bits per heavy atom. The van der Waals surface area contributed by atoms with Crippen LogP contribution in [0.25, 0.3) is 16.9 Å². The average molecular weight is 332 g/mol. The van der Waals surface area contributed by atoms with Gasteiger partial charge < -0.3 is 14.5 Å². The van der Waals surface area contributed by atoms with Gasteiger partial charge in [0.05, 0.1) is 5.69 Å². The summed E-state index contributed by atoms with van der Waals surface area (Å²) in [5.41, 5.74) is 7.84. The van der Waals surface area contributed by atoms with E-state index in [4.69, 9.17) is 0 Å². The third-order valence-corrected chi connectivity index (χ3v) is 4.49. The molecule has 0 radical (unpaired) electrons. The Morgan fingerprint density at radius 1 is 0.920 bits per heavy atom. The number of aryl methyl sites for hydroxylation is 4. The molecule has 3 nitrogen and oxygen atoms in total. The van der Waals surface area contributed by atoms with Crippen molar-refractivity contribution in [3.63, 3.8) is 0 Å². The lowest BCUT2D eigenvalue weighted by molar-refractivity contribution is -0.305. The fourth-order valence-corrected chi connectivity index (χ4v) is 3.19. The van der Waals surface area contributed by atoms with Crippen molar-refractivity contribution in [1.82, 2.24) is 4.57 Å². The maximum atomic E-state index is 10.9. The standard InChI is InChI=1S/C22H23NO2/c1-15-4-7-18(8-5-15)21-12-9-19(10-13-22(24)25)23(21)20-11-6-16(2)14-17(20)3/h4-9,11-12,14H,10,13H2,1-3H3,(H,24,25)/p-1. The minimum Gasteiger partial charge on any atom is -0.550 e. The highest BCUT2D eigenvalue weighted by molar-refractivity contribution is 5.67. The minimum absolute atomic E-state index is 0.0161. The van der Waals surface area contributed by atoms with Crippen molar-refractivity contribution in [2.75, 3.05) is 0 Å². The van der Waals surface area contributed by atoms with Gasteiger partial charge in [-0.3, -0.25) is 0 Å². The van der Waals surface area contributed by atoms with Crippen LogP contribution in [0, 0.1) is 20.8 Å². The SMILES string of the molecule is Cc1ccc(-c2ccc(CCC(=O)[O-])n2-c2ccc(C)cc2C)cc1. The zero-order valence-electron chi connectivity index (χ0n) is 14.9. The number of aliphatic carboxylic acids is 1. The van der Waals surface area contributed by atoms with Crippen LogP contribution in [-0.2, 0) is 11.2 Å². The van der Waals surface area contributed by atoms with Crippen LogP contribution < -0.4 is 5.11 Å². The van der Waals surface area contributed by atoms with E-state index in [0.717, 1.165) is 22.6 Å². The number of rotatable bonds is 5. The maximum Gasteiger partial charge on any atom is 0.0531 e. The molecule has 0 aliphatic carbocycles. The van der Waals surface area contributed by atoms with Gasteiger partial charge in [-0.15, -0.1) is 0 Å². The van der Waals surface area contributed by atoms with Gasteiger partial charge in [-0.05, 0) is 62.9 Å². The minimum atomic E-state index is -1.02. The van der Waals surface area contributed by atoms with Crippen molar-refractivity contribution in [2.45, 2.75) is 33.6 Å². The largest absolute Gasteiger partial charge is 0.550 e. The van der Waals surface area contributed by atoms with Gasteiger partial charge in [-0.25, -0.2) is 0 Å². The molecule has 0 bridgehead atoms. The topological polar surface area (TPSA) is 45.1 Å². The van der Waals surface area contributed by atoms with Crippen LogP contribution in [0.4, 0.5) is 0 Å². The Morgan fingerprint density at radius 3 is 2.24 bits per heavy atom. The molecule has 0 saturated carbocycles. The summed E-state index contributed by atoms with van der Waals surface area (Å²) in [5, 5.41) is 10.9. The molecule has 0 atom stereocenters. The number of hydrogen-bond acceptors (Lipinski definition) is 2. The Hall–Kier alpha value is -2.81. The van der Waals surface area contributed by atoms with Gasteiger partial charge in [0.15, 0.2) is 0 Å². The summed E-state index contributed by atoms with van der Waals surface area (Å²) in [5.74, 6) is -1.02. The highest BCUT2D eigenvalue weighted by atomic mass is 16.4. The van der Waals surface area contributed by atoms with Crippen molar-refractivity contribution >= 4 is 5.97 Å². The Kier molecular flexibility index (Phi) is 4.75. The van der Waals surface area contributed by atoms with Crippen molar-refractivity contribution in [3.05, 3.63) is 77.0 Å². The molecule has 25 heavy (non-hydrogen) atoms. The molecule has 128 valence electrons. The predicted molar refractivity (Wildman–Crippen MR) is 98.7 cm³/mol. The van der Waals surface area contributed by atoms with Gasteiger partial charge in [-0.1, -0.05) is 47.5 Å². The van der Waals surface area contributed by atoms with E-state index in [2.05, 4.69) is 73.9 Å². The van der Waals surface area contributed by atoms with E-state index < -0.39 is 5.97 Å². The molecule has 1 heterocycles. The number of hydrogen-bond donors (Lipinski definition) is 0. The molecule has 0 fully saturated rings. The second-order valence-corrected chi connectivity index (χ2v) is 6.57. The fourth-order valence-electron chi connectivity index (χ4n) is 3.19. The molecule has 0 N–H and O–H groups in total. The molecule has 1 aromatic heterocycles. The number of carbonyl (C=O) groups is 1. The number of aromatic nitrogens is 1. The first-order chi connectivity index (χ1) is 12.0. The van der Waals surface area contributed by atoms with E-state index in [0.29, 0.717) is 6.42 Å². The summed E-state index contributed by atoms with van der Waals surface area (Å²) in [7, 11) is 0. The van der Waals surface area contributed by atoms with Gasteiger partial charge in [0.25, 0.3) is 0 Å². The Labute approximate surface area is 148 Å². The summed E-state index contributed by atoms with van der Waals surface area (Å²) < 4.78 is 2.17. The summed E-state index contributed by atoms with van der Waals surface area (Å²) in [6, 6.07) is 18.8. The van der Waals surface area contributed by atoms with Crippen LogP contribution in [0.1, 0.15) is 28.8 Å². The lowest BCUT2D eigenvalue weighted by Gasteiger charge is -2.17. The number of carboxylic acid groups (broad SMARTS) is 1. The third-order valence-electron chi connectivity index (χ3n) is 4.49. The molecular formula is C22H22NO2-. The molecule has 3 rings (SSSR count). The van der Waals surface area contributed by atoms with Gasteiger partial charge in [0.1, 0.15) is 0 Å². The van der Waals surface area contributed by atoms with Crippen molar-refractivity contribution in [2.24, 2.45) is 0 Å². The Bertz CT molecular complexity index is 904. The average Bonchev–Trinajstić information content (AvgIpc) is 2.97. The van der Waals surface area contributed by atoms with Gasteiger partial charge in [-0.2, -0.15) is 0 Å². The highest BCUT2D eigenvalue weighted by Crippen LogP contribution is 2.29. The quantitative estimate of drug-likeness (QED) is 0.714. The summed E-state index contributed by atoms with van der Waals surface area (Å²) >= 11 is 0. The highest BCUT2D eigenvalue weighted by Gasteiger charge is 2.13. The predicted octanol–water partition coefficient (Wildman–Crippen LogP) is 3.75. The molecule has 3 heteroatoms. The van der Waals surface area contributed by atoms with E-state index in [1.54, 1.807) is 0 Å². The van der Waals surface area contributed by atoms with Crippen molar-refractivity contribution in [1.29, 1.82) is 0 Å². The third kappa shape index (κ3) is 3.66. The summed E-state index contributed by atoms with van der Waals surface area (Å²) in [6.07, 6.45) is 0.462. The molecule has 0 unspecified atom stereocenters. The molecule has 0 amide bonds. The second-order valence-electron chi connectivity index (χ2n) is 6.57. The van der Waals surface area contributed by atoms with Gasteiger partial charge in [0.2, 0.25) is 0 Å². The van der Waals surface area contributed by atoms with Crippen LogP contribution in [0.5, 0.6) is 0 Å². The van der Waals surface area contributed by atoms with Crippen LogP contribution in [0.15, 0.2) is 54.6 Å². The summed E-state index contributed by atoms with van der Waals surface area (Å²) in [6.45, 7) is 6.23. The molecule has 0 saturated heterocycles. The summed E-state index contributed by atoms with van der Waals surface area (Å²) in [4.78, 5) is 10.9. The smallest absolute Gasteiger partial charge is 0.0531 e. The van der Waals surface area contributed by atoms with Crippen LogP contribution in [0.3, 0.4) is 0 Å². The van der Waals surface area contributed by atoms with E-state index in [-0.39, 0.29) is 6.42 Å². The number of nitrogens with zero attached hydrogens (tertiary/aromatic N) is 1. The van der Waals surface area contributed by atoms with E-state index >= 15 is 0 Å². The number of benzene rings is 2. The van der Waals surface area contributed by atoms with Crippen LogP contribution in [0.2, 0.25) is 0 Å². The molecule has 0 aliphatic heterocycles. The monoisotopic (exact) mass is 332 g/mol. The Balaban J connectivity index is 2.15. The van der Waals surface area contributed by atoms with Gasteiger partial charge >= 0.3 is 0 Å². The van der Waals surface area contributed by atoms with Gasteiger partial charge in [0, 0.05) is 17.4 Å². The fraction of sp³-hybridized carbons (Fsp3) is 0.227. The second kappa shape index (κ2) is 6.98.